The molecule has 1 fully saturated rings. The Morgan fingerprint density at radius 1 is 1.04 bits per heavy atom. The molecule has 2 atom stereocenters. The Morgan fingerprint density at radius 3 is 2.08 bits per heavy atom. The maximum absolute atomic E-state index is 13.3. The Morgan fingerprint density at radius 2 is 1.64 bits per heavy atom. The molecule has 25 heavy (non-hydrogen) atoms. The standard InChI is InChI=1S/C19H26O6/c1-18(2)12(9-10-19(18,3)17(21)22)14(20)11-7-8-13(23-4)16(25-6)15(11)24-5/h7-8,12H,9-10H2,1-6H3,(H,21,22)/t12-,19+/m0/s1. The van der Waals surface area contributed by atoms with Crippen LogP contribution in [-0.4, -0.2) is 38.2 Å². The van der Waals surface area contributed by atoms with E-state index in [4.69, 9.17) is 14.2 Å². The number of benzene rings is 1. The minimum Gasteiger partial charge on any atom is -0.493 e. The Kier molecular flexibility index (Phi) is 5.02. The first-order valence-electron chi connectivity index (χ1n) is 8.22. The molecule has 0 aliphatic heterocycles. The first kappa shape index (κ1) is 19.1. The summed E-state index contributed by atoms with van der Waals surface area (Å²) in [6.07, 6.45) is 0.980. The zero-order valence-corrected chi connectivity index (χ0v) is 15.6. The predicted molar refractivity (Wildman–Crippen MR) is 92.7 cm³/mol. The molecule has 0 heterocycles. The first-order chi connectivity index (χ1) is 11.7. The highest BCUT2D eigenvalue weighted by molar-refractivity contribution is 6.02. The summed E-state index contributed by atoms with van der Waals surface area (Å²) >= 11 is 0. The van der Waals surface area contributed by atoms with Crippen LogP contribution in [0.5, 0.6) is 17.2 Å². The molecule has 1 aliphatic carbocycles. The van der Waals surface area contributed by atoms with Crippen LogP contribution in [0.4, 0.5) is 0 Å². The molecule has 1 aromatic carbocycles. The van der Waals surface area contributed by atoms with E-state index in [-0.39, 0.29) is 5.78 Å². The molecule has 0 spiro atoms. The van der Waals surface area contributed by atoms with Gasteiger partial charge in [-0.1, -0.05) is 13.8 Å². The summed E-state index contributed by atoms with van der Waals surface area (Å²) in [7, 11) is 4.46. The van der Waals surface area contributed by atoms with Crippen LogP contribution in [0.25, 0.3) is 0 Å². The first-order valence-corrected chi connectivity index (χ1v) is 8.22. The highest BCUT2D eigenvalue weighted by atomic mass is 16.5. The molecule has 1 N–H and O–H groups in total. The highest BCUT2D eigenvalue weighted by Crippen LogP contribution is 2.57. The van der Waals surface area contributed by atoms with Crippen LogP contribution in [0.3, 0.4) is 0 Å². The molecule has 138 valence electrons. The van der Waals surface area contributed by atoms with Crippen LogP contribution in [0, 0.1) is 16.7 Å². The van der Waals surface area contributed by atoms with Gasteiger partial charge in [-0.2, -0.15) is 0 Å². The van der Waals surface area contributed by atoms with E-state index in [1.54, 1.807) is 19.1 Å². The van der Waals surface area contributed by atoms with Gasteiger partial charge in [0.25, 0.3) is 0 Å². The summed E-state index contributed by atoms with van der Waals surface area (Å²) in [4.78, 5) is 25.0. The van der Waals surface area contributed by atoms with Crippen LogP contribution in [-0.2, 0) is 4.79 Å². The van der Waals surface area contributed by atoms with Crippen molar-refractivity contribution in [2.24, 2.45) is 16.7 Å². The third-order valence-corrected chi connectivity index (χ3v) is 5.98. The Balaban J connectivity index is 2.51. The lowest BCUT2D eigenvalue weighted by atomic mass is 9.64. The fourth-order valence-electron chi connectivity index (χ4n) is 3.82. The average Bonchev–Trinajstić information content (AvgIpc) is 2.83. The van der Waals surface area contributed by atoms with E-state index < -0.39 is 22.7 Å². The summed E-state index contributed by atoms with van der Waals surface area (Å²) in [5.41, 5.74) is -1.25. The van der Waals surface area contributed by atoms with Crippen LogP contribution in [0.1, 0.15) is 44.0 Å². The third kappa shape index (κ3) is 2.73. The monoisotopic (exact) mass is 350 g/mol. The maximum Gasteiger partial charge on any atom is 0.309 e. The molecule has 0 radical (unpaired) electrons. The molecule has 0 saturated heterocycles. The lowest BCUT2D eigenvalue weighted by Gasteiger charge is -2.38. The number of Topliss-reactive ketones (excluding diaryl/α,β-unsaturated/α-hetero) is 1. The molecule has 0 amide bonds. The minimum atomic E-state index is -0.947. The molecule has 2 rings (SSSR count). The number of ketones is 1. The predicted octanol–water partition coefficient (Wildman–Crippen LogP) is 3.42. The van der Waals surface area contributed by atoms with Gasteiger partial charge in [0.15, 0.2) is 17.3 Å². The van der Waals surface area contributed by atoms with E-state index in [0.29, 0.717) is 35.7 Å². The summed E-state index contributed by atoms with van der Waals surface area (Å²) in [5.74, 6) is -0.281. The van der Waals surface area contributed by atoms with Crippen molar-refractivity contribution in [3.8, 4) is 17.2 Å². The SMILES string of the molecule is COc1ccc(C(=O)[C@@H]2CC[C@](C)(C(=O)O)C2(C)C)c(OC)c1OC. The van der Waals surface area contributed by atoms with Crippen molar-refractivity contribution in [2.75, 3.05) is 21.3 Å². The van der Waals surface area contributed by atoms with Crippen molar-refractivity contribution in [1.82, 2.24) is 0 Å². The number of carbonyl (C=O) groups excluding carboxylic acids is 1. The Labute approximate surface area is 148 Å². The van der Waals surface area contributed by atoms with Crippen LogP contribution in [0.15, 0.2) is 12.1 Å². The number of rotatable bonds is 6. The van der Waals surface area contributed by atoms with Gasteiger partial charge in [-0.15, -0.1) is 0 Å². The molecule has 1 saturated carbocycles. The van der Waals surface area contributed by atoms with Crippen LogP contribution < -0.4 is 14.2 Å². The molecule has 0 bridgehead atoms. The fraction of sp³-hybridized carbons (Fsp3) is 0.579. The number of hydrogen-bond donors (Lipinski definition) is 1. The second-order valence-electron chi connectivity index (χ2n) is 7.20. The number of ether oxygens (including phenoxy) is 3. The van der Waals surface area contributed by atoms with Gasteiger partial charge in [0, 0.05) is 5.92 Å². The van der Waals surface area contributed by atoms with Gasteiger partial charge in [-0.05, 0) is 37.3 Å². The number of aliphatic carboxylic acids is 1. The molecule has 0 unspecified atom stereocenters. The number of carboxylic acids is 1. The van der Waals surface area contributed by atoms with Gasteiger partial charge in [0.1, 0.15) is 0 Å². The molecule has 6 heteroatoms. The van der Waals surface area contributed by atoms with Gasteiger partial charge < -0.3 is 19.3 Å². The molecular formula is C19H26O6. The summed E-state index contributed by atoms with van der Waals surface area (Å²) in [5, 5.41) is 9.66. The summed E-state index contributed by atoms with van der Waals surface area (Å²) in [6.45, 7) is 5.42. The quantitative estimate of drug-likeness (QED) is 0.792. The lowest BCUT2D eigenvalue weighted by Crippen LogP contribution is -2.42. The zero-order valence-electron chi connectivity index (χ0n) is 15.6. The fourth-order valence-corrected chi connectivity index (χ4v) is 3.82. The van der Waals surface area contributed by atoms with E-state index in [0.717, 1.165) is 0 Å². The van der Waals surface area contributed by atoms with E-state index in [2.05, 4.69) is 0 Å². The van der Waals surface area contributed by atoms with E-state index in [1.165, 1.54) is 21.3 Å². The van der Waals surface area contributed by atoms with Gasteiger partial charge in [-0.25, -0.2) is 0 Å². The second kappa shape index (κ2) is 6.58. The third-order valence-electron chi connectivity index (χ3n) is 5.98. The Bertz CT molecular complexity index is 693. The normalized spacial score (nSPS) is 24.6. The molecule has 1 aliphatic rings. The highest BCUT2D eigenvalue weighted by Gasteiger charge is 2.58. The van der Waals surface area contributed by atoms with Crippen molar-refractivity contribution in [3.63, 3.8) is 0 Å². The van der Waals surface area contributed by atoms with Crippen molar-refractivity contribution in [2.45, 2.75) is 33.6 Å². The molecule has 0 aromatic heterocycles. The summed E-state index contributed by atoms with van der Waals surface area (Å²) in [6, 6.07) is 3.31. The average molecular weight is 350 g/mol. The van der Waals surface area contributed by atoms with Gasteiger partial charge in [0.2, 0.25) is 5.75 Å². The van der Waals surface area contributed by atoms with Crippen LogP contribution in [0.2, 0.25) is 0 Å². The topological polar surface area (TPSA) is 82.1 Å². The lowest BCUT2D eigenvalue weighted by molar-refractivity contribution is -0.153. The van der Waals surface area contributed by atoms with E-state index in [9.17, 15) is 14.7 Å². The molecular weight excluding hydrogens is 324 g/mol. The number of carboxylic acid groups (broad SMARTS) is 1. The van der Waals surface area contributed by atoms with Crippen molar-refractivity contribution >= 4 is 11.8 Å². The second-order valence-corrected chi connectivity index (χ2v) is 7.20. The number of methoxy groups -OCH3 is 3. The molecule has 6 nitrogen and oxygen atoms in total. The van der Waals surface area contributed by atoms with E-state index in [1.807, 2.05) is 13.8 Å². The number of hydrogen-bond acceptors (Lipinski definition) is 5. The maximum atomic E-state index is 13.3. The van der Waals surface area contributed by atoms with Gasteiger partial charge in [0.05, 0.1) is 32.3 Å². The summed E-state index contributed by atoms with van der Waals surface area (Å²) < 4.78 is 16.0. The Hall–Kier alpha value is -2.24. The largest absolute Gasteiger partial charge is 0.493 e. The van der Waals surface area contributed by atoms with Gasteiger partial charge in [-0.3, -0.25) is 9.59 Å². The van der Waals surface area contributed by atoms with E-state index >= 15 is 0 Å². The molecule has 1 aromatic rings. The van der Waals surface area contributed by atoms with Crippen molar-refractivity contribution in [1.29, 1.82) is 0 Å². The number of carbonyl (C=O) groups is 2. The van der Waals surface area contributed by atoms with Crippen molar-refractivity contribution < 1.29 is 28.9 Å². The zero-order chi connectivity index (χ0) is 19.0. The smallest absolute Gasteiger partial charge is 0.309 e. The van der Waals surface area contributed by atoms with Gasteiger partial charge >= 0.3 is 5.97 Å². The minimum absolute atomic E-state index is 0.132. The van der Waals surface area contributed by atoms with Crippen LogP contribution >= 0.6 is 0 Å². The van der Waals surface area contributed by atoms with Crippen molar-refractivity contribution in [3.05, 3.63) is 17.7 Å².